The molecule has 2 aliphatic rings. The Kier molecular flexibility index (Phi) is 3.60. The van der Waals surface area contributed by atoms with Crippen molar-refractivity contribution in [2.75, 3.05) is 26.9 Å². The number of aryl methyl sites for hydroxylation is 1. The van der Waals surface area contributed by atoms with Crippen molar-refractivity contribution in [3.8, 4) is 0 Å². The summed E-state index contributed by atoms with van der Waals surface area (Å²) in [4.78, 5) is 4.51. The number of hydrogen-bond donors (Lipinski definition) is 1. The van der Waals surface area contributed by atoms with Crippen LogP contribution in [0, 0.1) is 5.92 Å². The molecule has 5 nitrogen and oxygen atoms in total. The molecule has 1 aromatic rings. The molecule has 0 amide bonds. The first-order valence-corrected chi connectivity index (χ1v) is 7.09. The van der Waals surface area contributed by atoms with Gasteiger partial charge in [0.1, 0.15) is 0 Å². The van der Waals surface area contributed by atoms with Gasteiger partial charge in [-0.2, -0.15) is 0 Å². The Morgan fingerprint density at radius 3 is 3.05 bits per heavy atom. The van der Waals surface area contributed by atoms with Gasteiger partial charge in [0.15, 0.2) is 0 Å². The molecule has 106 valence electrons. The van der Waals surface area contributed by atoms with Gasteiger partial charge in [0.05, 0.1) is 30.3 Å². The van der Waals surface area contributed by atoms with E-state index < -0.39 is 0 Å². The van der Waals surface area contributed by atoms with Gasteiger partial charge in [-0.15, -0.1) is 0 Å². The summed E-state index contributed by atoms with van der Waals surface area (Å²) in [7, 11) is 4.03. The summed E-state index contributed by atoms with van der Waals surface area (Å²) in [6.45, 7) is 2.42. The summed E-state index contributed by atoms with van der Waals surface area (Å²) in [5, 5.41) is 3.44. The standard InChI is InChI=1S/C14H23N3O2/c1-15-13(12-8-17(2)10-16-12)11-3-5-19-14(7-11)4-6-18-9-14/h8,10-11,13,15H,3-7,9H2,1-2H3. The van der Waals surface area contributed by atoms with Gasteiger partial charge in [0, 0.05) is 32.9 Å². The number of aromatic nitrogens is 2. The van der Waals surface area contributed by atoms with Gasteiger partial charge in [-0.25, -0.2) is 4.98 Å². The molecule has 0 aliphatic carbocycles. The fourth-order valence-corrected chi connectivity index (χ4v) is 3.43. The zero-order valence-electron chi connectivity index (χ0n) is 11.8. The first kappa shape index (κ1) is 13.1. The van der Waals surface area contributed by atoms with E-state index in [1.807, 2.05) is 25.0 Å². The normalized spacial score (nSPS) is 32.8. The zero-order chi connectivity index (χ0) is 13.3. The summed E-state index contributed by atoms with van der Waals surface area (Å²) < 4.78 is 13.6. The average molecular weight is 265 g/mol. The van der Waals surface area contributed by atoms with E-state index in [2.05, 4.69) is 16.5 Å². The molecule has 0 aromatic carbocycles. The summed E-state index contributed by atoms with van der Waals surface area (Å²) >= 11 is 0. The predicted octanol–water partition coefficient (Wildman–Crippen LogP) is 1.27. The van der Waals surface area contributed by atoms with Crippen molar-refractivity contribution < 1.29 is 9.47 Å². The minimum Gasteiger partial charge on any atom is -0.378 e. The van der Waals surface area contributed by atoms with Crippen molar-refractivity contribution in [3.63, 3.8) is 0 Å². The van der Waals surface area contributed by atoms with Crippen LogP contribution in [-0.4, -0.2) is 42.0 Å². The maximum atomic E-state index is 6.01. The number of ether oxygens (including phenoxy) is 2. The minimum atomic E-state index is -0.0349. The lowest BCUT2D eigenvalue weighted by atomic mass is 9.80. The van der Waals surface area contributed by atoms with Crippen LogP contribution in [-0.2, 0) is 16.5 Å². The van der Waals surface area contributed by atoms with Crippen LogP contribution >= 0.6 is 0 Å². The highest BCUT2D eigenvalue weighted by atomic mass is 16.6. The van der Waals surface area contributed by atoms with Gasteiger partial charge >= 0.3 is 0 Å². The van der Waals surface area contributed by atoms with Crippen LogP contribution in [0.4, 0.5) is 0 Å². The Labute approximate surface area is 114 Å². The molecule has 5 heteroatoms. The van der Waals surface area contributed by atoms with E-state index in [0.717, 1.165) is 44.8 Å². The number of hydrogen-bond acceptors (Lipinski definition) is 4. The van der Waals surface area contributed by atoms with Gasteiger partial charge < -0.3 is 19.4 Å². The highest BCUT2D eigenvalue weighted by Gasteiger charge is 2.43. The molecule has 1 N–H and O–H groups in total. The van der Waals surface area contributed by atoms with Crippen molar-refractivity contribution in [1.82, 2.24) is 14.9 Å². The molecule has 3 unspecified atom stereocenters. The van der Waals surface area contributed by atoms with E-state index in [1.165, 1.54) is 0 Å². The van der Waals surface area contributed by atoms with Crippen LogP contribution in [0.2, 0.25) is 0 Å². The maximum absolute atomic E-state index is 6.01. The van der Waals surface area contributed by atoms with Gasteiger partial charge in [0.2, 0.25) is 0 Å². The molecule has 3 rings (SSSR count). The summed E-state index contributed by atoms with van der Waals surface area (Å²) in [6, 6.07) is 0.308. The first-order valence-electron chi connectivity index (χ1n) is 7.09. The van der Waals surface area contributed by atoms with Gasteiger partial charge in [-0.3, -0.25) is 0 Å². The van der Waals surface area contributed by atoms with Gasteiger partial charge in [-0.1, -0.05) is 0 Å². The molecule has 0 bridgehead atoms. The number of imidazole rings is 1. The second-order valence-corrected chi connectivity index (χ2v) is 5.82. The SMILES string of the molecule is CNC(c1cn(C)cn1)C1CCOC2(CCOC2)C1. The Morgan fingerprint density at radius 1 is 1.53 bits per heavy atom. The van der Waals surface area contributed by atoms with Crippen LogP contribution in [0.5, 0.6) is 0 Å². The lowest BCUT2D eigenvalue weighted by Gasteiger charge is -2.39. The van der Waals surface area contributed by atoms with E-state index in [-0.39, 0.29) is 5.60 Å². The van der Waals surface area contributed by atoms with Crippen molar-refractivity contribution in [1.29, 1.82) is 0 Å². The topological polar surface area (TPSA) is 48.3 Å². The zero-order valence-corrected chi connectivity index (χ0v) is 11.8. The minimum absolute atomic E-state index is 0.0349. The first-order chi connectivity index (χ1) is 9.22. The molecule has 2 saturated heterocycles. The van der Waals surface area contributed by atoms with Gasteiger partial charge in [-0.05, 0) is 25.8 Å². The number of nitrogens with zero attached hydrogens (tertiary/aromatic N) is 2. The van der Waals surface area contributed by atoms with Crippen molar-refractivity contribution in [2.45, 2.75) is 30.9 Å². The molecule has 2 fully saturated rings. The summed E-state index contributed by atoms with van der Waals surface area (Å²) in [5.41, 5.74) is 1.10. The molecular weight excluding hydrogens is 242 g/mol. The Hall–Kier alpha value is -0.910. The molecule has 1 aromatic heterocycles. The van der Waals surface area contributed by atoms with E-state index in [4.69, 9.17) is 9.47 Å². The second kappa shape index (κ2) is 5.23. The molecule has 19 heavy (non-hydrogen) atoms. The Balaban J connectivity index is 1.76. The van der Waals surface area contributed by atoms with Crippen LogP contribution in [0.15, 0.2) is 12.5 Å². The molecule has 2 aliphatic heterocycles. The summed E-state index contributed by atoms with van der Waals surface area (Å²) in [6.07, 6.45) is 7.16. The van der Waals surface area contributed by atoms with Crippen LogP contribution < -0.4 is 5.32 Å². The molecule has 1 spiro atoms. The van der Waals surface area contributed by atoms with Crippen LogP contribution in [0.3, 0.4) is 0 Å². The smallest absolute Gasteiger partial charge is 0.0947 e. The highest BCUT2D eigenvalue weighted by Crippen LogP contribution is 2.40. The van der Waals surface area contributed by atoms with Crippen LogP contribution in [0.1, 0.15) is 31.0 Å². The largest absolute Gasteiger partial charge is 0.378 e. The van der Waals surface area contributed by atoms with Crippen molar-refractivity contribution >= 4 is 0 Å². The monoisotopic (exact) mass is 265 g/mol. The second-order valence-electron chi connectivity index (χ2n) is 5.82. The number of nitrogens with one attached hydrogen (secondary N) is 1. The Bertz CT molecular complexity index is 426. The third kappa shape index (κ3) is 2.55. The predicted molar refractivity (Wildman–Crippen MR) is 71.9 cm³/mol. The fraction of sp³-hybridized carbons (Fsp3) is 0.786. The maximum Gasteiger partial charge on any atom is 0.0947 e. The number of rotatable bonds is 3. The van der Waals surface area contributed by atoms with E-state index in [0.29, 0.717) is 12.0 Å². The third-order valence-electron chi connectivity index (χ3n) is 4.42. The van der Waals surface area contributed by atoms with E-state index in [1.54, 1.807) is 0 Å². The lowest BCUT2D eigenvalue weighted by Crippen LogP contribution is -2.43. The summed E-state index contributed by atoms with van der Waals surface area (Å²) in [5.74, 6) is 0.565. The molecular formula is C14H23N3O2. The van der Waals surface area contributed by atoms with Crippen molar-refractivity contribution in [3.05, 3.63) is 18.2 Å². The fourth-order valence-electron chi connectivity index (χ4n) is 3.43. The molecule has 0 radical (unpaired) electrons. The third-order valence-corrected chi connectivity index (χ3v) is 4.42. The van der Waals surface area contributed by atoms with Gasteiger partial charge in [0.25, 0.3) is 0 Å². The quantitative estimate of drug-likeness (QED) is 0.894. The Morgan fingerprint density at radius 2 is 2.42 bits per heavy atom. The van der Waals surface area contributed by atoms with E-state index >= 15 is 0 Å². The van der Waals surface area contributed by atoms with Crippen LogP contribution in [0.25, 0.3) is 0 Å². The van der Waals surface area contributed by atoms with Crippen molar-refractivity contribution in [2.24, 2.45) is 13.0 Å². The lowest BCUT2D eigenvalue weighted by molar-refractivity contribution is -0.103. The molecule has 3 atom stereocenters. The molecule has 3 heterocycles. The highest BCUT2D eigenvalue weighted by molar-refractivity contribution is 5.07. The molecule has 0 saturated carbocycles. The van der Waals surface area contributed by atoms with E-state index in [9.17, 15) is 0 Å². The average Bonchev–Trinajstić information content (AvgIpc) is 3.01.